The van der Waals surface area contributed by atoms with Crippen LogP contribution in [-0.4, -0.2) is 19.7 Å². The van der Waals surface area contributed by atoms with Crippen molar-refractivity contribution in [2.24, 2.45) is 0 Å². The normalized spacial score (nSPS) is 16.8. The summed E-state index contributed by atoms with van der Waals surface area (Å²) in [6.07, 6.45) is 2.21. The Bertz CT molecular complexity index is 594. The maximum atomic E-state index is 7.71. The van der Waals surface area contributed by atoms with Crippen molar-refractivity contribution in [2.45, 2.75) is 6.85 Å². The molecule has 0 unspecified atom stereocenters. The Labute approximate surface area is 90.8 Å². The fourth-order valence-corrected chi connectivity index (χ4v) is 1.05. The summed E-state index contributed by atoms with van der Waals surface area (Å²) in [5.74, 6) is 0.0906. The standard InChI is InChI=1S/C8H7BrN4/c1-6-2-10-4-8(12-6)13-5-7(9)3-11-13/h2-5H,1H3/i1D3,3D,5D. The van der Waals surface area contributed by atoms with Crippen LogP contribution in [0.15, 0.2) is 29.2 Å². The molecule has 0 fully saturated rings. The van der Waals surface area contributed by atoms with Gasteiger partial charge in [0.1, 0.15) is 0 Å². The third-order valence-electron chi connectivity index (χ3n) is 1.29. The van der Waals surface area contributed by atoms with E-state index in [2.05, 4.69) is 31.0 Å². The van der Waals surface area contributed by atoms with Gasteiger partial charge in [0.05, 0.1) is 25.3 Å². The molecule has 0 bridgehead atoms. The van der Waals surface area contributed by atoms with Crippen LogP contribution in [0.1, 0.15) is 12.5 Å². The predicted octanol–water partition coefficient (Wildman–Crippen LogP) is 1.73. The summed E-state index contributed by atoms with van der Waals surface area (Å²) in [6.45, 7) is -2.38. The number of aromatic nitrogens is 4. The maximum absolute atomic E-state index is 7.71. The molecule has 0 amide bonds. The Balaban J connectivity index is 2.55. The van der Waals surface area contributed by atoms with Crippen LogP contribution in [0.25, 0.3) is 5.82 Å². The average molecular weight is 244 g/mol. The largest absolute Gasteiger partial charge is 0.259 e. The van der Waals surface area contributed by atoms with E-state index in [0.29, 0.717) is 0 Å². The van der Waals surface area contributed by atoms with Crippen molar-refractivity contribution in [3.8, 4) is 5.82 Å². The van der Waals surface area contributed by atoms with E-state index in [4.69, 9.17) is 6.85 Å². The van der Waals surface area contributed by atoms with Gasteiger partial charge in [-0.25, -0.2) is 9.67 Å². The van der Waals surface area contributed by atoms with Crippen LogP contribution in [0.3, 0.4) is 0 Å². The molecular formula is C8H7BrN4. The van der Waals surface area contributed by atoms with Gasteiger partial charge in [0.25, 0.3) is 0 Å². The van der Waals surface area contributed by atoms with Crippen LogP contribution in [0.5, 0.6) is 0 Å². The number of hydrogen-bond acceptors (Lipinski definition) is 3. The molecule has 2 heterocycles. The molecule has 4 nitrogen and oxygen atoms in total. The second-order valence-electron chi connectivity index (χ2n) is 2.21. The quantitative estimate of drug-likeness (QED) is 0.767. The highest BCUT2D eigenvalue weighted by Gasteiger charge is 1.99. The number of halogens is 1. The zero-order valence-corrected chi connectivity index (χ0v) is 7.91. The van der Waals surface area contributed by atoms with Crippen molar-refractivity contribution < 1.29 is 6.85 Å². The van der Waals surface area contributed by atoms with Crippen LogP contribution < -0.4 is 0 Å². The van der Waals surface area contributed by atoms with Crippen molar-refractivity contribution in [1.82, 2.24) is 19.7 Å². The molecule has 2 rings (SSSR count). The lowest BCUT2D eigenvalue weighted by Gasteiger charge is -1.98. The van der Waals surface area contributed by atoms with Gasteiger partial charge in [0.15, 0.2) is 5.82 Å². The zero-order chi connectivity index (χ0) is 13.5. The highest BCUT2D eigenvalue weighted by atomic mass is 79.9. The Kier molecular flexibility index (Phi) is 1.08. The molecule has 0 saturated carbocycles. The van der Waals surface area contributed by atoms with Gasteiger partial charge in [0, 0.05) is 16.5 Å². The van der Waals surface area contributed by atoms with Gasteiger partial charge in [-0.1, -0.05) is 0 Å². The molecular weight excluding hydrogens is 232 g/mol. The molecule has 66 valence electrons. The smallest absolute Gasteiger partial charge is 0.172 e. The molecule has 2 aromatic heterocycles. The minimum Gasteiger partial charge on any atom is -0.259 e. The zero-order valence-electron chi connectivity index (χ0n) is 11.3. The molecule has 0 saturated heterocycles. The van der Waals surface area contributed by atoms with Crippen molar-refractivity contribution >= 4 is 15.9 Å². The van der Waals surface area contributed by atoms with Crippen LogP contribution in [0.2, 0.25) is 0 Å². The lowest BCUT2D eigenvalue weighted by Crippen LogP contribution is -1.99. The first-order valence-electron chi connectivity index (χ1n) is 5.85. The van der Waals surface area contributed by atoms with Gasteiger partial charge in [-0.2, -0.15) is 5.10 Å². The van der Waals surface area contributed by atoms with Crippen molar-refractivity contribution in [2.75, 3.05) is 0 Å². The number of hydrogen-bond donors (Lipinski definition) is 0. The van der Waals surface area contributed by atoms with Gasteiger partial charge in [0.2, 0.25) is 0 Å². The van der Waals surface area contributed by atoms with Crippen molar-refractivity contribution in [3.63, 3.8) is 0 Å². The summed E-state index contributed by atoms with van der Waals surface area (Å²) in [6, 6.07) is 0. The summed E-state index contributed by atoms with van der Waals surface area (Å²) in [5.41, 5.74) is -0.183. The van der Waals surface area contributed by atoms with E-state index in [1.54, 1.807) is 0 Å². The second-order valence-corrected chi connectivity index (χ2v) is 3.00. The Hall–Kier alpha value is -1.23. The Morgan fingerprint density at radius 3 is 3.23 bits per heavy atom. The lowest BCUT2D eigenvalue weighted by molar-refractivity contribution is 0.830. The number of aryl methyl sites for hydroxylation is 1. The van der Waals surface area contributed by atoms with Crippen LogP contribution >= 0.6 is 15.9 Å². The maximum Gasteiger partial charge on any atom is 0.172 e. The van der Waals surface area contributed by atoms with E-state index in [9.17, 15) is 0 Å². The molecule has 0 aliphatic carbocycles. The van der Waals surface area contributed by atoms with E-state index in [1.165, 1.54) is 6.20 Å². The SMILES string of the molecule is [2H]c1nn(-c2cncc(C([2H])([2H])[2H])n2)c([2H])c1Br. The first-order valence-corrected chi connectivity index (χ1v) is 4.14. The molecule has 0 radical (unpaired) electrons. The average Bonchev–Trinajstić information content (AvgIpc) is 2.56. The number of nitrogens with zero attached hydrogens (tertiary/aromatic N) is 4. The van der Waals surface area contributed by atoms with Gasteiger partial charge in [-0.15, -0.1) is 0 Å². The summed E-state index contributed by atoms with van der Waals surface area (Å²) >= 11 is 3.04. The van der Waals surface area contributed by atoms with Crippen LogP contribution in [0, 0.1) is 6.85 Å². The molecule has 0 aliphatic rings. The van der Waals surface area contributed by atoms with Gasteiger partial charge in [-0.3, -0.25) is 4.98 Å². The summed E-state index contributed by atoms with van der Waals surface area (Å²) in [7, 11) is 0. The third-order valence-corrected chi connectivity index (χ3v) is 1.65. The van der Waals surface area contributed by atoms with Crippen molar-refractivity contribution in [3.05, 3.63) is 34.9 Å². The van der Waals surface area contributed by atoms with Crippen molar-refractivity contribution in [1.29, 1.82) is 0 Å². The topological polar surface area (TPSA) is 43.6 Å². The summed E-state index contributed by atoms with van der Waals surface area (Å²) < 4.78 is 38.1. The molecule has 0 spiro atoms. The van der Waals surface area contributed by atoms with E-state index >= 15 is 0 Å². The van der Waals surface area contributed by atoms with E-state index in [0.717, 1.165) is 10.9 Å². The van der Waals surface area contributed by atoms with E-state index in [1.807, 2.05) is 0 Å². The minimum atomic E-state index is -2.38. The fourth-order valence-electron chi connectivity index (χ4n) is 0.803. The molecule has 13 heavy (non-hydrogen) atoms. The molecule has 2 aromatic rings. The van der Waals surface area contributed by atoms with Gasteiger partial charge < -0.3 is 0 Å². The Morgan fingerprint density at radius 2 is 2.54 bits per heavy atom. The molecule has 0 atom stereocenters. The minimum absolute atomic E-state index is 0.0861. The first-order chi connectivity index (χ1) is 8.30. The molecule has 0 N–H and O–H groups in total. The van der Waals surface area contributed by atoms with Gasteiger partial charge in [-0.05, 0) is 22.8 Å². The lowest BCUT2D eigenvalue weighted by atomic mass is 10.5. The monoisotopic (exact) mass is 243 g/mol. The van der Waals surface area contributed by atoms with E-state index in [-0.39, 0.29) is 28.3 Å². The summed E-state index contributed by atoms with van der Waals surface area (Å²) in [5, 5.41) is 3.77. The molecule has 0 aliphatic heterocycles. The highest BCUT2D eigenvalue weighted by Crippen LogP contribution is 2.09. The van der Waals surface area contributed by atoms with Crippen LogP contribution in [-0.2, 0) is 0 Å². The second kappa shape index (κ2) is 3.26. The summed E-state index contributed by atoms with van der Waals surface area (Å²) in [4.78, 5) is 7.65. The van der Waals surface area contributed by atoms with Gasteiger partial charge >= 0.3 is 0 Å². The van der Waals surface area contributed by atoms with Crippen LogP contribution in [0.4, 0.5) is 0 Å². The fraction of sp³-hybridized carbons (Fsp3) is 0.125. The molecule has 0 aromatic carbocycles. The van der Waals surface area contributed by atoms with E-state index < -0.39 is 6.85 Å². The predicted molar refractivity (Wildman–Crippen MR) is 51.6 cm³/mol. The number of rotatable bonds is 1. The Morgan fingerprint density at radius 1 is 1.62 bits per heavy atom. The first kappa shape index (κ1) is 4.32. The molecule has 5 heteroatoms. The highest BCUT2D eigenvalue weighted by molar-refractivity contribution is 9.10. The third kappa shape index (κ3) is 1.75.